The number of likely N-dealkylation sites (tertiary alicyclic amines) is 1. The molecule has 2 atom stereocenters. The maximum atomic E-state index is 6.71. The normalized spacial score (nSPS) is 27.0. The van der Waals surface area contributed by atoms with Gasteiger partial charge < -0.3 is 9.47 Å². The van der Waals surface area contributed by atoms with Crippen LogP contribution in [0.4, 0.5) is 0 Å². The van der Waals surface area contributed by atoms with Crippen LogP contribution in [0.3, 0.4) is 0 Å². The Morgan fingerprint density at radius 3 is 2.89 bits per heavy atom. The summed E-state index contributed by atoms with van der Waals surface area (Å²) in [6.07, 6.45) is 6.34. The monoisotopic (exact) mass is 387 g/mol. The first-order valence-corrected chi connectivity index (χ1v) is 10.3. The lowest BCUT2D eigenvalue weighted by Gasteiger charge is -2.53. The second-order valence-corrected chi connectivity index (χ2v) is 8.55. The first kappa shape index (κ1) is 17.5. The van der Waals surface area contributed by atoms with Gasteiger partial charge >= 0.3 is 0 Å². The Kier molecular flexibility index (Phi) is 4.42. The van der Waals surface area contributed by atoms with E-state index in [9.17, 15) is 0 Å². The van der Waals surface area contributed by atoms with Gasteiger partial charge in [0.2, 0.25) is 0 Å². The Hall–Kier alpha value is -1.56. The molecule has 0 radical (unpaired) electrons. The molecule has 1 aromatic carbocycles. The van der Waals surface area contributed by atoms with E-state index in [1.807, 2.05) is 36.1 Å². The minimum atomic E-state index is -0.116. The van der Waals surface area contributed by atoms with Crippen molar-refractivity contribution in [3.8, 4) is 5.75 Å². The summed E-state index contributed by atoms with van der Waals surface area (Å²) >= 11 is 6.26. The van der Waals surface area contributed by atoms with E-state index in [1.54, 1.807) is 0 Å². The predicted octanol–water partition coefficient (Wildman–Crippen LogP) is 3.97. The number of hydrogen-bond acceptors (Lipinski definition) is 4. The summed E-state index contributed by atoms with van der Waals surface area (Å²) in [6, 6.07) is 8.08. The van der Waals surface area contributed by atoms with Crippen LogP contribution < -0.4 is 4.74 Å². The number of fused-ring (bicyclic) bond motifs is 4. The fourth-order valence-corrected chi connectivity index (χ4v) is 5.28. The molecule has 1 spiro atoms. The first-order valence-electron chi connectivity index (χ1n) is 9.94. The maximum absolute atomic E-state index is 6.71. The van der Waals surface area contributed by atoms with Crippen molar-refractivity contribution in [1.29, 1.82) is 0 Å². The quantitative estimate of drug-likeness (QED) is 0.781. The second-order valence-electron chi connectivity index (χ2n) is 8.11. The average molecular weight is 388 g/mol. The van der Waals surface area contributed by atoms with E-state index in [0.717, 1.165) is 61.8 Å². The highest BCUT2D eigenvalue weighted by molar-refractivity contribution is 6.30. The van der Waals surface area contributed by atoms with Crippen molar-refractivity contribution in [1.82, 2.24) is 14.7 Å². The van der Waals surface area contributed by atoms with Gasteiger partial charge in [0.1, 0.15) is 11.4 Å². The smallest absolute Gasteiger partial charge is 0.126 e. The minimum absolute atomic E-state index is 0.116. The van der Waals surface area contributed by atoms with E-state index >= 15 is 0 Å². The number of nitrogens with zero attached hydrogens (tertiary/aromatic N) is 3. The van der Waals surface area contributed by atoms with Gasteiger partial charge in [0.15, 0.2) is 0 Å². The highest BCUT2D eigenvalue weighted by Crippen LogP contribution is 2.53. The van der Waals surface area contributed by atoms with Gasteiger partial charge in [-0.15, -0.1) is 0 Å². The van der Waals surface area contributed by atoms with Crippen molar-refractivity contribution in [3.63, 3.8) is 0 Å². The number of hydrogen-bond donors (Lipinski definition) is 0. The van der Waals surface area contributed by atoms with E-state index in [0.29, 0.717) is 5.92 Å². The zero-order valence-electron chi connectivity index (χ0n) is 15.7. The van der Waals surface area contributed by atoms with Crippen molar-refractivity contribution >= 4 is 11.6 Å². The largest absolute Gasteiger partial charge is 0.486 e. The molecule has 27 heavy (non-hydrogen) atoms. The molecule has 0 bridgehead atoms. The third kappa shape index (κ3) is 3.06. The molecule has 0 saturated carbocycles. The summed E-state index contributed by atoms with van der Waals surface area (Å²) in [5, 5.41) is 5.05. The molecule has 0 N–H and O–H groups in total. The van der Waals surface area contributed by atoms with Gasteiger partial charge in [0.25, 0.3) is 0 Å². The van der Waals surface area contributed by atoms with Gasteiger partial charge in [-0.1, -0.05) is 11.6 Å². The van der Waals surface area contributed by atoms with Crippen molar-refractivity contribution < 1.29 is 9.47 Å². The molecule has 2 aromatic rings. The first-order chi connectivity index (χ1) is 13.1. The number of aromatic nitrogens is 2. The summed E-state index contributed by atoms with van der Waals surface area (Å²) < 4.78 is 14.9. The van der Waals surface area contributed by atoms with Crippen LogP contribution in [0, 0.1) is 5.92 Å². The molecule has 2 saturated heterocycles. The zero-order valence-corrected chi connectivity index (χ0v) is 16.5. The Labute approximate surface area is 165 Å². The summed E-state index contributed by atoms with van der Waals surface area (Å²) in [6.45, 7) is 3.85. The van der Waals surface area contributed by atoms with E-state index in [-0.39, 0.29) is 11.7 Å². The van der Waals surface area contributed by atoms with Crippen molar-refractivity contribution in [2.24, 2.45) is 13.0 Å². The van der Waals surface area contributed by atoms with Crippen LogP contribution in [0.2, 0.25) is 5.02 Å². The number of aryl methyl sites for hydroxylation is 1. The van der Waals surface area contributed by atoms with Crippen LogP contribution in [0.5, 0.6) is 5.75 Å². The Bertz CT molecular complexity index is 829. The van der Waals surface area contributed by atoms with Gasteiger partial charge in [0, 0.05) is 68.8 Å². The van der Waals surface area contributed by atoms with Gasteiger partial charge in [0.05, 0.1) is 11.8 Å². The maximum Gasteiger partial charge on any atom is 0.126 e. The summed E-state index contributed by atoms with van der Waals surface area (Å²) in [5.74, 6) is 1.37. The molecule has 4 heterocycles. The Morgan fingerprint density at radius 1 is 1.26 bits per heavy atom. The average Bonchev–Trinajstić information content (AvgIpc) is 3.09. The van der Waals surface area contributed by atoms with Crippen molar-refractivity contribution in [3.05, 3.63) is 46.7 Å². The fraction of sp³-hybridized carbons (Fsp3) is 0.571. The van der Waals surface area contributed by atoms with E-state index in [4.69, 9.17) is 21.1 Å². The standard InChI is InChI=1S/C21H26ClN3O2/c1-24-16(6-9-23-24)14-25-10-7-21(8-11-25)18-3-2-12-26-20(18)17-13-15(22)4-5-19(17)27-21/h4-6,9,13,18,20H,2-3,7-8,10-12,14H2,1H3/t18-,20+/m0/s1. The number of rotatable bonds is 2. The molecule has 3 aliphatic rings. The van der Waals surface area contributed by atoms with E-state index < -0.39 is 0 Å². The third-order valence-corrected chi connectivity index (χ3v) is 6.84. The number of halogens is 1. The predicted molar refractivity (Wildman–Crippen MR) is 104 cm³/mol. The number of ether oxygens (including phenoxy) is 2. The molecule has 6 heteroatoms. The fourth-order valence-electron chi connectivity index (χ4n) is 5.10. The van der Waals surface area contributed by atoms with E-state index in [1.165, 1.54) is 12.1 Å². The lowest BCUT2D eigenvalue weighted by Crippen LogP contribution is -2.57. The molecule has 5 nitrogen and oxygen atoms in total. The molecule has 5 rings (SSSR count). The second kappa shape index (κ2) is 6.80. The van der Waals surface area contributed by atoms with Gasteiger partial charge in [-0.05, 0) is 37.1 Å². The van der Waals surface area contributed by atoms with Gasteiger partial charge in [-0.25, -0.2) is 0 Å². The minimum Gasteiger partial charge on any atom is -0.486 e. The third-order valence-electron chi connectivity index (χ3n) is 6.60. The SMILES string of the molecule is Cn1nccc1CN1CCC2(CC1)Oc1ccc(Cl)cc1[C@H]1OCCC[C@@H]12. The molecule has 0 amide bonds. The van der Waals surface area contributed by atoms with Crippen LogP contribution in [0.1, 0.15) is 43.0 Å². The van der Waals surface area contributed by atoms with Crippen LogP contribution in [-0.2, 0) is 18.3 Å². The molecule has 3 aliphatic heterocycles. The van der Waals surface area contributed by atoms with Crippen molar-refractivity contribution in [2.75, 3.05) is 19.7 Å². The van der Waals surface area contributed by atoms with Gasteiger partial charge in [-0.3, -0.25) is 9.58 Å². The molecule has 0 aliphatic carbocycles. The molecule has 2 fully saturated rings. The molecular formula is C21H26ClN3O2. The van der Waals surface area contributed by atoms with Gasteiger partial charge in [-0.2, -0.15) is 5.10 Å². The molecule has 0 unspecified atom stereocenters. The number of piperidine rings is 1. The summed E-state index contributed by atoms with van der Waals surface area (Å²) in [7, 11) is 2.01. The lowest BCUT2D eigenvalue weighted by molar-refractivity contribution is -0.150. The number of benzene rings is 1. The van der Waals surface area contributed by atoms with Crippen LogP contribution >= 0.6 is 11.6 Å². The summed E-state index contributed by atoms with van der Waals surface area (Å²) in [4.78, 5) is 2.52. The van der Waals surface area contributed by atoms with Crippen molar-refractivity contribution in [2.45, 2.75) is 43.9 Å². The zero-order chi connectivity index (χ0) is 18.4. The lowest BCUT2D eigenvalue weighted by atomic mass is 9.70. The Morgan fingerprint density at radius 2 is 2.11 bits per heavy atom. The molecule has 144 valence electrons. The van der Waals surface area contributed by atoms with Crippen LogP contribution in [0.15, 0.2) is 30.5 Å². The molecular weight excluding hydrogens is 362 g/mol. The topological polar surface area (TPSA) is 39.5 Å². The van der Waals surface area contributed by atoms with Crippen LogP contribution in [0.25, 0.3) is 0 Å². The van der Waals surface area contributed by atoms with Crippen LogP contribution in [-0.4, -0.2) is 40.0 Å². The molecule has 1 aromatic heterocycles. The van der Waals surface area contributed by atoms with E-state index in [2.05, 4.69) is 16.1 Å². The summed E-state index contributed by atoms with van der Waals surface area (Å²) in [5.41, 5.74) is 2.28. The highest BCUT2D eigenvalue weighted by atomic mass is 35.5. The Balaban J connectivity index is 1.38. The highest BCUT2D eigenvalue weighted by Gasteiger charge is 2.52.